The Morgan fingerprint density at radius 2 is 1.73 bits per heavy atom. The topological polar surface area (TPSA) is 32.3 Å². The molecule has 1 aliphatic rings. The van der Waals surface area contributed by atoms with E-state index in [2.05, 4.69) is 19.2 Å². The molecule has 1 rings (SSSR count). The van der Waals surface area contributed by atoms with Crippen LogP contribution in [-0.2, 0) is 0 Å². The molecule has 0 amide bonds. The Bertz CT molecular complexity index is 169. The summed E-state index contributed by atoms with van der Waals surface area (Å²) in [6.45, 7) is 6.82. The van der Waals surface area contributed by atoms with E-state index in [0.717, 1.165) is 6.54 Å². The van der Waals surface area contributed by atoms with Crippen molar-refractivity contribution in [3.05, 3.63) is 0 Å². The Hall–Kier alpha value is -0.0800. The van der Waals surface area contributed by atoms with E-state index in [1.165, 1.54) is 38.5 Å². The van der Waals surface area contributed by atoms with Crippen molar-refractivity contribution in [1.82, 2.24) is 5.32 Å². The van der Waals surface area contributed by atoms with Crippen LogP contribution < -0.4 is 5.32 Å². The van der Waals surface area contributed by atoms with Crippen LogP contribution in [0.4, 0.5) is 0 Å². The van der Waals surface area contributed by atoms with E-state index in [4.69, 9.17) is 0 Å². The van der Waals surface area contributed by atoms with E-state index in [-0.39, 0.29) is 0 Å². The molecule has 2 heteroatoms. The summed E-state index contributed by atoms with van der Waals surface area (Å²) >= 11 is 0. The standard InChI is InChI=1S/C13H27NO/c1-11(2)13(3,15)10-14-12-8-6-4-5-7-9-12/h11-12,14-15H,4-10H2,1-3H3. The first-order chi connectivity index (χ1) is 7.02. The fourth-order valence-corrected chi connectivity index (χ4v) is 2.04. The van der Waals surface area contributed by atoms with Crippen LogP contribution in [0.3, 0.4) is 0 Å². The van der Waals surface area contributed by atoms with Crippen LogP contribution in [0.5, 0.6) is 0 Å². The van der Waals surface area contributed by atoms with Crippen molar-refractivity contribution in [3.63, 3.8) is 0 Å². The minimum atomic E-state index is -0.563. The molecule has 0 aromatic rings. The molecule has 2 nitrogen and oxygen atoms in total. The van der Waals surface area contributed by atoms with Gasteiger partial charge in [-0.3, -0.25) is 0 Å². The van der Waals surface area contributed by atoms with E-state index in [9.17, 15) is 5.11 Å². The quantitative estimate of drug-likeness (QED) is 0.704. The smallest absolute Gasteiger partial charge is 0.0766 e. The summed E-state index contributed by atoms with van der Waals surface area (Å²) in [4.78, 5) is 0. The van der Waals surface area contributed by atoms with E-state index in [0.29, 0.717) is 12.0 Å². The molecule has 1 saturated carbocycles. The fourth-order valence-electron chi connectivity index (χ4n) is 2.04. The molecule has 0 heterocycles. The van der Waals surface area contributed by atoms with E-state index < -0.39 is 5.60 Å². The maximum absolute atomic E-state index is 10.1. The number of rotatable bonds is 4. The molecule has 1 atom stereocenters. The first-order valence-corrected chi connectivity index (χ1v) is 6.48. The number of hydrogen-bond donors (Lipinski definition) is 2. The lowest BCUT2D eigenvalue weighted by Gasteiger charge is -2.30. The van der Waals surface area contributed by atoms with Gasteiger partial charge in [-0.25, -0.2) is 0 Å². The minimum absolute atomic E-state index is 0.316. The van der Waals surface area contributed by atoms with Gasteiger partial charge in [0.25, 0.3) is 0 Å². The molecule has 0 bridgehead atoms. The van der Waals surface area contributed by atoms with Crippen molar-refractivity contribution in [3.8, 4) is 0 Å². The largest absolute Gasteiger partial charge is 0.389 e. The molecule has 0 aromatic carbocycles. The normalized spacial score (nSPS) is 23.8. The zero-order valence-electron chi connectivity index (χ0n) is 10.6. The molecule has 90 valence electrons. The highest BCUT2D eigenvalue weighted by Gasteiger charge is 2.25. The Morgan fingerprint density at radius 1 is 1.20 bits per heavy atom. The second-order valence-corrected chi connectivity index (χ2v) is 5.58. The van der Waals surface area contributed by atoms with Gasteiger partial charge in [0.1, 0.15) is 0 Å². The molecule has 1 fully saturated rings. The second-order valence-electron chi connectivity index (χ2n) is 5.58. The lowest BCUT2D eigenvalue weighted by Crippen LogP contribution is -2.45. The van der Waals surface area contributed by atoms with Crippen molar-refractivity contribution in [2.45, 2.75) is 70.9 Å². The zero-order valence-corrected chi connectivity index (χ0v) is 10.6. The third-order valence-corrected chi connectivity index (χ3v) is 3.85. The minimum Gasteiger partial charge on any atom is -0.389 e. The third kappa shape index (κ3) is 4.52. The summed E-state index contributed by atoms with van der Waals surface area (Å²) in [6, 6.07) is 0.637. The highest BCUT2D eigenvalue weighted by Crippen LogP contribution is 2.19. The number of hydrogen-bond acceptors (Lipinski definition) is 2. The summed E-state index contributed by atoms with van der Waals surface area (Å²) in [5.41, 5.74) is -0.563. The highest BCUT2D eigenvalue weighted by molar-refractivity contribution is 4.81. The van der Waals surface area contributed by atoms with Crippen LogP contribution in [0.2, 0.25) is 0 Å². The Kier molecular flexibility index (Phi) is 5.07. The average Bonchev–Trinajstić information content (AvgIpc) is 2.42. The van der Waals surface area contributed by atoms with Gasteiger partial charge in [0.15, 0.2) is 0 Å². The van der Waals surface area contributed by atoms with Gasteiger partial charge >= 0.3 is 0 Å². The molecule has 0 aliphatic heterocycles. The second kappa shape index (κ2) is 5.86. The summed E-state index contributed by atoms with van der Waals surface area (Å²) in [6.07, 6.45) is 8.04. The van der Waals surface area contributed by atoms with E-state index >= 15 is 0 Å². The van der Waals surface area contributed by atoms with E-state index in [1.54, 1.807) is 0 Å². The average molecular weight is 213 g/mol. The summed E-state index contributed by atoms with van der Waals surface area (Å²) in [5, 5.41) is 13.7. The molecule has 2 N–H and O–H groups in total. The van der Waals surface area contributed by atoms with Crippen molar-refractivity contribution < 1.29 is 5.11 Å². The SMILES string of the molecule is CC(C)C(C)(O)CNC1CCCCCC1. The van der Waals surface area contributed by atoms with Crippen LogP contribution in [0.25, 0.3) is 0 Å². The Morgan fingerprint density at radius 3 is 2.20 bits per heavy atom. The summed E-state index contributed by atoms with van der Waals surface area (Å²) in [5.74, 6) is 0.316. The Labute approximate surface area is 94.5 Å². The molecular formula is C13H27NO. The Balaban J connectivity index is 2.28. The van der Waals surface area contributed by atoms with Gasteiger partial charge in [-0.1, -0.05) is 39.5 Å². The maximum Gasteiger partial charge on any atom is 0.0766 e. The third-order valence-electron chi connectivity index (χ3n) is 3.85. The summed E-state index contributed by atoms with van der Waals surface area (Å²) in [7, 11) is 0. The van der Waals surface area contributed by atoms with Crippen molar-refractivity contribution in [1.29, 1.82) is 0 Å². The predicted octanol–water partition coefficient (Wildman–Crippen LogP) is 2.71. The van der Waals surface area contributed by atoms with Crippen molar-refractivity contribution in [2.75, 3.05) is 6.54 Å². The molecule has 0 aromatic heterocycles. The molecule has 0 radical (unpaired) electrons. The molecular weight excluding hydrogens is 186 g/mol. The highest BCUT2D eigenvalue weighted by atomic mass is 16.3. The molecule has 1 aliphatic carbocycles. The molecule has 1 unspecified atom stereocenters. The predicted molar refractivity (Wildman–Crippen MR) is 65.0 cm³/mol. The number of nitrogens with one attached hydrogen (secondary N) is 1. The zero-order chi connectivity index (χ0) is 11.3. The first-order valence-electron chi connectivity index (χ1n) is 6.48. The van der Waals surface area contributed by atoms with Crippen molar-refractivity contribution in [2.24, 2.45) is 5.92 Å². The monoisotopic (exact) mass is 213 g/mol. The van der Waals surface area contributed by atoms with Crippen LogP contribution in [0.15, 0.2) is 0 Å². The lowest BCUT2D eigenvalue weighted by atomic mass is 9.92. The van der Waals surface area contributed by atoms with Crippen LogP contribution in [-0.4, -0.2) is 23.3 Å². The van der Waals surface area contributed by atoms with Crippen LogP contribution in [0, 0.1) is 5.92 Å². The fraction of sp³-hybridized carbons (Fsp3) is 1.00. The van der Waals surface area contributed by atoms with Crippen LogP contribution >= 0.6 is 0 Å². The van der Waals surface area contributed by atoms with Gasteiger partial charge < -0.3 is 10.4 Å². The summed E-state index contributed by atoms with van der Waals surface area (Å²) < 4.78 is 0. The van der Waals surface area contributed by atoms with Gasteiger partial charge in [0.05, 0.1) is 5.60 Å². The van der Waals surface area contributed by atoms with Gasteiger partial charge in [-0.2, -0.15) is 0 Å². The molecule has 0 spiro atoms. The number of aliphatic hydroxyl groups is 1. The maximum atomic E-state index is 10.1. The lowest BCUT2D eigenvalue weighted by molar-refractivity contribution is 0.0114. The first kappa shape index (κ1) is 13.0. The molecule has 0 saturated heterocycles. The van der Waals surface area contributed by atoms with Gasteiger partial charge in [-0.15, -0.1) is 0 Å². The molecule has 15 heavy (non-hydrogen) atoms. The van der Waals surface area contributed by atoms with E-state index in [1.807, 2.05) is 6.92 Å². The van der Waals surface area contributed by atoms with Crippen molar-refractivity contribution >= 4 is 0 Å². The van der Waals surface area contributed by atoms with Gasteiger partial charge in [-0.05, 0) is 25.7 Å². The van der Waals surface area contributed by atoms with Crippen LogP contribution in [0.1, 0.15) is 59.3 Å². The van der Waals surface area contributed by atoms with Gasteiger partial charge in [0.2, 0.25) is 0 Å². The van der Waals surface area contributed by atoms with Gasteiger partial charge in [0, 0.05) is 12.6 Å².